The summed E-state index contributed by atoms with van der Waals surface area (Å²) >= 11 is 0. The molecular formula is C37H39N5O4. The molecule has 1 aliphatic heterocycles. The highest BCUT2D eigenvalue weighted by Crippen LogP contribution is 2.29. The van der Waals surface area contributed by atoms with Crippen LogP contribution in [0.15, 0.2) is 103 Å². The van der Waals surface area contributed by atoms with E-state index in [1.165, 1.54) is 10.9 Å². The van der Waals surface area contributed by atoms with Crippen molar-refractivity contribution in [3.8, 4) is 17.2 Å². The number of fused-ring (bicyclic) bond motifs is 1. The molecule has 1 unspecified atom stereocenters. The molecule has 4 aromatic carbocycles. The Bertz CT molecular complexity index is 1800. The van der Waals surface area contributed by atoms with Crippen LogP contribution in [0.2, 0.25) is 0 Å². The minimum Gasteiger partial charge on any atom is -0.457 e. The summed E-state index contributed by atoms with van der Waals surface area (Å²) in [6.45, 7) is 5.78. The van der Waals surface area contributed by atoms with Gasteiger partial charge in [-0.05, 0) is 118 Å². The van der Waals surface area contributed by atoms with E-state index >= 15 is 0 Å². The molecule has 6 rings (SSSR count). The molecule has 9 heteroatoms. The van der Waals surface area contributed by atoms with Gasteiger partial charge in [0.1, 0.15) is 11.5 Å². The number of amides is 3. The van der Waals surface area contributed by atoms with Gasteiger partial charge < -0.3 is 30.4 Å². The Morgan fingerprint density at radius 3 is 2.17 bits per heavy atom. The molecule has 5 aromatic rings. The van der Waals surface area contributed by atoms with Crippen molar-refractivity contribution in [1.29, 1.82) is 0 Å². The largest absolute Gasteiger partial charge is 0.457 e. The van der Waals surface area contributed by atoms with Gasteiger partial charge in [-0.1, -0.05) is 18.2 Å². The molecule has 2 heterocycles. The average molecular weight is 618 g/mol. The van der Waals surface area contributed by atoms with E-state index in [-0.39, 0.29) is 30.6 Å². The summed E-state index contributed by atoms with van der Waals surface area (Å²) in [5, 5.41) is 19.5. The predicted molar refractivity (Wildman–Crippen MR) is 182 cm³/mol. The first-order chi connectivity index (χ1) is 22.4. The highest BCUT2D eigenvalue weighted by atomic mass is 16.5. The number of aliphatic hydroxyl groups is 1. The first-order valence-electron chi connectivity index (χ1n) is 15.7. The number of hydrogen-bond acceptors (Lipinski definition) is 5. The molecule has 9 nitrogen and oxygen atoms in total. The van der Waals surface area contributed by atoms with E-state index in [2.05, 4.69) is 49.8 Å². The maximum atomic E-state index is 13.1. The van der Waals surface area contributed by atoms with Crippen LogP contribution in [0.4, 0.5) is 16.2 Å². The minimum atomic E-state index is -0.258. The molecule has 1 saturated heterocycles. The number of nitrogens with zero attached hydrogens (tertiary/aromatic N) is 2. The summed E-state index contributed by atoms with van der Waals surface area (Å²) < 4.78 is 8.10. The third-order valence-corrected chi connectivity index (χ3v) is 8.17. The summed E-state index contributed by atoms with van der Waals surface area (Å²) in [4.78, 5) is 27.3. The standard InChI is InChI=1S/C37H39N5O4/c1-25(2)38-37(45)40-29-13-19-33(20-14-29)46-32-17-11-28(12-18-32)39-36(44)26-9-15-30(16-10-26)42-23-27(34-7-3-4-8-35(34)42)22-41-21-5-6-31(41)24-43/h3-4,7-20,23,25,31,43H,5-6,21-22,24H2,1-2H3,(H,39,44)(H2,38,40,45). The number of nitrogens with one attached hydrogen (secondary N) is 3. The molecule has 1 aromatic heterocycles. The quantitative estimate of drug-likeness (QED) is 0.133. The van der Waals surface area contributed by atoms with E-state index in [0.717, 1.165) is 37.1 Å². The zero-order valence-electron chi connectivity index (χ0n) is 26.1. The van der Waals surface area contributed by atoms with Gasteiger partial charge in [0.15, 0.2) is 0 Å². The van der Waals surface area contributed by atoms with Gasteiger partial charge in [-0.2, -0.15) is 0 Å². The highest BCUT2D eigenvalue weighted by Gasteiger charge is 2.25. The lowest BCUT2D eigenvalue weighted by molar-refractivity contribution is 0.102. The van der Waals surface area contributed by atoms with E-state index in [1.807, 2.05) is 44.2 Å². The van der Waals surface area contributed by atoms with Gasteiger partial charge in [0.25, 0.3) is 5.91 Å². The average Bonchev–Trinajstić information content (AvgIpc) is 3.67. The molecule has 0 spiro atoms. The molecule has 3 amide bonds. The van der Waals surface area contributed by atoms with Gasteiger partial charge >= 0.3 is 6.03 Å². The van der Waals surface area contributed by atoms with Gasteiger partial charge in [0, 0.05) is 52.8 Å². The fourth-order valence-corrected chi connectivity index (χ4v) is 5.87. The number of ether oxygens (including phenoxy) is 1. The molecule has 1 atom stereocenters. The van der Waals surface area contributed by atoms with Crippen molar-refractivity contribution in [3.63, 3.8) is 0 Å². The summed E-state index contributed by atoms with van der Waals surface area (Å²) in [7, 11) is 0. The number of carbonyl (C=O) groups excluding carboxylic acids is 2. The Hall–Kier alpha value is -5.12. The maximum Gasteiger partial charge on any atom is 0.319 e. The zero-order valence-corrected chi connectivity index (χ0v) is 26.1. The fraction of sp³-hybridized carbons (Fsp3) is 0.243. The zero-order chi connectivity index (χ0) is 32.0. The number of benzene rings is 4. The second-order valence-electron chi connectivity index (χ2n) is 11.9. The van der Waals surface area contributed by atoms with Crippen LogP contribution in [-0.2, 0) is 6.54 Å². The van der Waals surface area contributed by atoms with Crippen LogP contribution in [0, 0.1) is 0 Å². The Morgan fingerprint density at radius 2 is 1.52 bits per heavy atom. The van der Waals surface area contributed by atoms with Crippen molar-refractivity contribution in [2.75, 3.05) is 23.8 Å². The molecule has 236 valence electrons. The maximum absolute atomic E-state index is 13.1. The number of likely N-dealkylation sites (tertiary alicyclic amines) is 1. The third kappa shape index (κ3) is 7.22. The number of carbonyl (C=O) groups is 2. The fourth-order valence-electron chi connectivity index (χ4n) is 5.87. The molecule has 0 aliphatic carbocycles. The number of aromatic nitrogens is 1. The van der Waals surface area contributed by atoms with Crippen LogP contribution in [-0.4, -0.2) is 51.7 Å². The van der Waals surface area contributed by atoms with E-state index < -0.39 is 0 Å². The lowest BCUT2D eigenvalue weighted by Gasteiger charge is -2.22. The monoisotopic (exact) mass is 617 g/mol. The van der Waals surface area contributed by atoms with E-state index in [1.54, 1.807) is 48.5 Å². The van der Waals surface area contributed by atoms with Crippen LogP contribution in [0.3, 0.4) is 0 Å². The van der Waals surface area contributed by atoms with Crippen LogP contribution >= 0.6 is 0 Å². The van der Waals surface area contributed by atoms with E-state index in [4.69, 9.17) is 4.74 Å². The van der Waals surface area contributed by atoms with Gasteiger partial charge in [-0.15, -0.1) is 0 Å². The molecule has 4 N–H and O–H groups in total. The van der Waals surface area contributed by atoms with Crippen molar-refractivity contribution in [1.82, 2.24) is 14.8 Å². The second-order valence-corrected chi connectivity index (χ2v) is 11.9. The molecule has 0 bridgehead atoms. The first kappa shape index (κ1) is 30.9. The van der Waals surface area contributed by atoms with Crippen LogP contribution in [0.1, 0.15) is 42.6 Å². The second kappa shape index (κ2) is 13.9. The molecule has 0 radical (unpaired) electrons. The smallest absolute Gasteiger partial charge is 0.319 e. The Labute approximate surface area is 268 Å². The number of anilines is 2. The minimum absolute atomic E-state index is 0.0493. The summed E-state index contributed by atoms with van der Waals surface area (Å²) in [5.41, 5.74) is 5.19. The number of hydrogen-bond donors (Lipinski definition) is 4. The lowest BCUT2D eigenvalue weighted by Crippen LogP contribution is -2.34. The van der Waals surface area contributed by atoms with Crippen molar-refractivity contribution < 1.29 is 19.4 Å². The summed E-state index contributed by atoms with van der Waals surface area (Å²) in [6, 6.07) is 30.2. The molecule has 1 aliphatic rings. The van der Waals surface area contributed by atoms with Crippen molar-refractivity contribution >= 4 is 34.2 Å². The van der Waals surface area contributed by atoms with Gasteiger partial charge in [0.05, 0.1) is 12.1 Å². The molecule has 1 fully saturated rings. The SMILES string of the molecule is CC(C)NC(=O)Nc1ccc(Oc2ccc(NC(=O)c3ccc(-n4cc(CN5CCCC5CO)c5ccccc54)cc3)cc2)cc1. The van der Waals surface area contributed by atoms with Crippen LogP contribution in [0.25, 0.3) is 16.6 Å². The van der Waals surface area contributed by atoms with Crippen LogP contribution in [0.5, 0.6) is 11.5 Å². The van der Waals surface area contributed by atoms with E-state index in [9.17, 15) is 14.7 Å². The summed E-state index contributed by atoms with van der Waals surface area (Å²) in [6.07, 6.45) is 4.32. The third-order valence-electron chi connectivity index (χ3n) is 8.17. The Balaban J connectivity index is 1.08. The van der Waals surface area contributed by atoms with Crippen molar-refractivity contribution in [2.24, 2.45) is 0 Å². The normalized spacial score (nSPS) is 14.8. The first-order valence-corrected chi connectivity index (χ1v) is 15.7. The topological polar surface area (TPSA) is 108 Å². The summed E-state index contributed by atoms with van der Waals surface area (Å²) in [5.74, 6) is 1.04. The number of para-hydroxylation sites is 1. The molecule has 46 heavy (non-hydrogen) atoms. The predicted octanol–water partition coefficient (Wildman–Crippen LogP) is 7.16. The van der Waals surface area contributed by atoms with Crippen molar-refractivity contribution in [2.45, 2.75) is 45.3 Å². The van der Waals surface area contributed by atoms with Gasteiger partial charge in [0.2, 0.25) is 0 Å². The highest BCUT2D eigenvalue weighted by molar-refractivity contribution is 6.04. The van der Waals surface area contributed by atoms with Crippen LogP contribution < -0.4 is 20.7 Å². The Kier molecular flexibility index (Phi) is 9.33. The molecular weight excluding hydrogens is 578 g/mol. The number of urea groups is 1. The molecule has 0 saturated carbocycles. The Morgan fingerprint density at radius 1 is 0.870 bits per heavy atom. The van der Waals surface area contributed by atoms with Gasteiger partial charge in [-0.25, -0.2) is 4.79 Å². The van der Waals surface area contributed by atoms with Crippen molar-refractivity contribution in [3.05, 3.63) is 114 Å². The lowest BCUT2D eigenvalue weighted by atomic mass is 10.1. The number of rotatable bonds is 10. The number of aliphatic hydroxyl groups excluding tert-OH is 1. The van der Waals surface area contributed by atoms with E-state index in [0.29, 0.717) is 28.4 Å². The van der Waals surface area contributed by atoms with Gasteiger partial charge in [-0.3, -0.25) is 9.69 Å².